The molecule has 0 spiro atoms. The monoisotopic (exact) mass is 309 g/mol. The molecule has 1 aromatic rings. The van der Waals surface area contributed by atoms with Crippen LogP contribution in [0.2, 0.25) is 0 Å². The fourth-order valence-corrected chi connectivity index (χ4v) is 3.74. The number of amides is 1. The second-order valence-electron chi connectivity index (χ2n) is 6.02. The fraction of sp³-hybridized carbons (Fsp3) is 0.625. The van der Waals surface area contributed by atoms with Crippen LogP contribution in [-0.4, -0.2) is 23.5 Å². The van der Waals surface area contributed by atoms with Crippen LogP contribution in [0.15, 0.2) is 17.5 Å². The smallest absolute Gasteiger partial charge is 0.306 e. The Kier molecular flexibility index (Phi) is 5.79. The van der Waals surface area contributed by atoms with Gasteiger partial charge in [0.25, 0.3) is 0 Å². The largest absolute Gasteiger partial charge is 0.481 e. The number of carbonyl (C=O) groups excluding carboxylic acids is 1. The summed E-state index contributed by atoms with van der Waals surface area (Å²) in [6.07, 6.45) is 3.63. The third-order valence-corrected chi connectivity index (χ3v) is 5.10. The molecule has 4 nitrogen and oxygen atoms in total. The SMILES string of the molecule is CC(CNC(=O)C1CCC(C(=O)O)CC1)Cc1cccs1. The van der Waals surface area contributed by atoms with Crippen molar-refractivity contribution < 1.29 is 14.7 Å². The highest BCUT2D eigenvalue weighted by Gasteiger charge is 2.29. The molecule has 1 aliphatic rings. The van der Waals surface area contributed by atoms with E-state index in [2.05, 4.69) is 23.7 Å². The summed E-state index contributed by atoms with van der Waals surface area (Å²) in [6.45, 7) is 2.83. The van der Waals surface area contributed by atoms with Crippen LogP contribution < -0.4 is 5.32 Å². The lowest BCUT2D eigenvalue weighted by Gasteiger charge is -2.25. The first-order valence-corrected chi connectivity index (χ1v) is 8.47. The quantitative estimate of drug-likeness (QED) is 0.849. The standard InChI is InChI=1S/C16H23NO3S/c1-11(9-14-3-2-8-21-14)10-17-15(18)12-4-6-13(7-5-12)16(19)20/h2-3,8,11-13H,4-7,9-10H2,1H3,(H,17,18)(H,19,20). The van der Waals surface area contributed by atoms with Crippen LogP contribution in [-0.2, 0) is 16.0 Å². The van der Waals surface area contributed by atoms with E-state index in [0.29, 0.717) is 38.1 Å². The van der Waals surface area contributed by atoms with E-state index >= 15 is 0 Å². The molecule has 116 valence electrons. The summed E-state index contributed by atoms with van der Waals surface area (Å²) >= 11 is 1.75. The zero-order valence-corrected chi connectivity index (χ0v) is 13.2. The first-order chi connectivity index (χ1) is 10.1. The average Bonchev–Trinajstić information content (AvgIpc) is 2.97. The van der Waals surface area contributed by atoms with Crippen LogP contribution in [0.5, 0.6) is 0 Å². The van der Waals surface area contributed by atoms with E-state index in [0.717, 1.165) is 6.42 Å². The molecule has 0 bridgehead atoms. The molecule has 2 rings (SSSR count). The second kappa shape index (κ2) is 7.59. The molecule has 1 aromatic heterocycles. The second-order valence-corrected chi connectivity index (χ2v) is 7.05. The molecular formula is C16H23NO3S. The van der Waals surface area contributed by atoms with Gasteiger partial charge in [-0.25, -0.2) is 0 Å². The number of carboxylic acid groups (broad SMARTS) is 1. The minimum Gasteiger partial charge on any atom is -0.481 e. The zero-order valence-electron chi connectivity index (χ0n) is 12.4. The Hall–Kier alpha value is -1.36. The molecular weight excluding hydrogens is 286 g/mol. The van der Waals surface area contributed by atoms with Gasteiger partial charge in [-0.2, -0.15) is 0 Å². The van der Waals surface area contributed by atoms with E-state index in [-0.39, 0.29) is 17.7 Å². The summed E-state index contributed by atoms with van der Waals surface area (Å²) in [7, 11) is 0. The van der Waals surface area contributed by atoms with Gasteiger partial charge in [0.2, 0.25) is 5.91 Å². The molecule has 1 aliphatic carbocycles. The van der Waals surface area contributed by atoms with Gasteiger partial charge in [0.05, 0.1) is 5.92 Å². The summed E-state index contributed by atoms with van der Waals surface area (Å²) in [5.74, 6) is -0.473. The van der Waals surface area contributed by atoms with Gasteiger partial charge in [-0.1, -0.05) is 13.0 Å². The molecule has 0 saturated heterocycles. The van der Waals surface area contributed by atoms with Crippen molar-refractivity contribution in [3.05, 3.63) is 22.4 Å². The molecule has 1 fully saturated rings. The predicted molar refractivity (Wildman–Crippen MR) is 83.3 cm³/mol. The van der Waals surface area contributed by atoms with Gasteiger partial charge < -0.3 is 10.4 Å². The van der Waals surface area contributed by atoms with Crippen molar-refractivity contribution in [2.75, 3.05) is 6.54 Å². The van der Waals surface area contributed by atoms with Crippen LogP contribution in [0.1, 0.15) is 37.5 Å². The zero-order chi connectivity index (χ0) is 15.2. The Bertz CT molecular complexity index is 464. The number of carbonyl (C=O) groups is 2. The van der Waals surface area contributed by atoms with Gasteiger partial charge in [-0.3, -0.25) is 9.59 Å². The van der Waals surface area contributed by atoms with E-state index in [1.807, 2.05) is 6.07 Å². The van der Waals surface area contributed by atoms with Crippen molar-refractivity contribution in [3.63, 3.8) is 0 Å². The van der Waals surface area contributed by atoms with Gasteiger partial charge in [-0.05, 0) is 49.5 Å². The lowest BCUT2D eigenvalue weighted by molar-refractivity contribution is -0.144. The van der Waals surface area contributed by atoms with E-state index in [1.165, 1.54) is 4.88 Å². The van der Waals surface area contributed by atoms with Gasteiger partial charge in [0.1, 0.15) is 0 Å². The van der Waals surface area contributed by atoms with Crippen LogP contribution in [0, 0.1) is 17.8 Å². The van der Waals surface area contributed by atoms with Crippen LogP contribution in [0.3, 0.4) is 0 Å². The lowest BCUT2D eigenvalue weighted by Crippen LogP contribution is -2.36. The minimum absolute atomic E-state index is 0.00506. The third-order valence-electron chi connectivity index (χ3n) is 4.20. The molecule has 2 N–H and O–H groups in total. The Balaban J connectivity index is 1.69. The Morgan fingerprint density at radius 2 is 2.00 bits per heavy atom. The van der Waals surface area contributed by atoms with E-state index in [9.17, 15) is 9.59 Å². The Morgan fingerprint density at radius 3 is 2.57 bits per heavy atom. The maximum Gasteiger partial charge on any atom is 0.306 e. The maximum absolute atomic E-state index is 12.1. The van der Waals surface area contributed by atoms with Crippen molar-refractivity contribution in [1.29, 1.82) is 0 Å². The molecule has 0 radical (unpaired) electrons. The van der Waals surface area contributed by atoms with E-state index < -0.39 is 5.97 Å². The molecule has 1 atom stereocenters. The van der Waals surface area contributed by atoms with Gasteiger partial charge >= 0.3 is 5.97 Å². The van der Waals surface area contributed by atoms with Crippen molar-refractivity contribution in [2.45, 2.75) is 39.0 Å². The molecule has 1 amide bonds. The summed E-state index contributed by atoms with van der Waals surface area (Å²) < 4.78 is 0. The van der Waals surface area contributed by atoms with Crippen molar-refractivity contribution in [1.82, 2.24) is 5.32 Å². The summed E-state index contributed by atoms with van der Waals surface area (Å²) in [5.41, 5.74) is 0. The maximum atomic E-state index is 12.1. The average molecular weight is 309 g/mol. The van der Waals surface area contributed by atoms with Crippen LogP contribution in [0.4, 0.5) is 0 Å². The topological polar surface area (TPSA) is 66.4 Å². The van der Waals surface area contributed by atoms with E-state index in [4.69, 9.17) is 5.11 Å². The number of rotatable bonds is 6. The normalized spacial score (nSPS) is 23.5. The molecule has 1 heterocycles. The van der Waals surface area contributed by atoms with Crippen LogP contribution >= 0.6 is 11.3 Å². The molecule has 0 aromatic carbocycles. The number of nitrogens with one attached hydrogen (secondary N) is 1. The predicted octanol–water partition coefficient (Wildman–Crippen LogP) is 2.93. The number of thiophene rings is 1. The molecule has 0 aliphatic heterocycles. The molecule has 5 heteroatoms. The molecule has 1 saturated carbocycles. The molecule has 21 heavy (non-hydrogen) atoms. The number of hydrogen-bond donors (Lipinski definition) is 2. The molecule has 1 unspecified atom stereocenters. The van der Waals surface area contributed by atoms with E-state index in [1.54, 1.807) is 11.3 Å². The Labute approximate surface area is 129 Å². The first-order valence-electron chi connectivity index (χ1n) is 7.59. The minimum atomic E-state index is -0.724. The summed E-state index contributed by atoms with van der Waals surface area (Å²) in [4.78, 5) is 24.4. The fourth-order valence-electron chi connectivity index (χ4n) is 2.87. The highest BCUT2D eigenvalue weighted by Crippen LogP contribution is 2.29. The van der Waals surface area contributed by atoms with Crippen molar-refractivity contribution in [2.24, 2.45) is 17.8 Å². The van der Waals surface area contributed by atoms with Crippen LogP contribution in [0.25, 0.3) is 0 Å². The Morgan fingerprint density at radius 1 is 1.33 bits per heavy atom. The number of carboxylic acids is 1. The first kappa shape index (κ1) is 16.0. The third kappa shape index (κ3) is 4.84. The highest BCUT2D eigenvalue weighted by molar-refractivity contribution is 7.09. The summed E-state index contributed by atoms with van der Waals surface area (Å²) in [5, 5.41) is 14.1. The van der Waals surface area contributed by atoms with Crippen molar-refractivity contribution in [3.8, 4) is 0 Å². The van der Waals surface area contributed by atoms with Gasteiger partial charge in [0, 0.05) is 17.3 Å². The van der Waals surface area contributed by atoms with Gasteiger partial charge in [-0.15, -0.1) is 11.3 Å². The number of aliphatic carboxylic acids is 1. The summed E-state index contributed by atoms with van der Waals surface area (Å²) in [6, 6.07) is 4.17. The number of hydrogen-bond acceptors (Lipinski definition) is 3. The van der Waals surface area contributed by atoms with Gasteiger partial charge in [0.15, 0.2) is 0 Å². The highest BCUT2D eigenvalue weighted by atomic mass is 32.1. The van der Waals surface area contributed by atoms with Crippen molar-refractivity contribution >= 4 is 23.2 Å². The lowest BCUT2D eigenvalue weighted by atomic mass is 9.81.